The number of fused-ring (bicyclic) bond motifs is 1. The van der Waals surface area contributed by atoms with Gasteiger partial charge >= 0.3 is 0 Å². The van der Waals surface area contributed by atoms with Gasteiger partial charge in [-0.3, -0.25) is 9.48 Å². The zero-order valence-electron chi connectivity index (χ0n) is 10.9. The van der Waals surface area contributed by atoms with Gasteiger partial charge < -0.3 is 0 Å². The number of carbonyl (C=O) groups excluding carboxylic acids is 1. The molecule has 102 valence electrons. The maximum Gasteiger partial charge on any atom is 0.192 e. The van der Waals surface area contributed by atoms with E-state index in [4.69, 9.17) is 23.2 Å². The van der Waals surface area contributed by atoms with Crippen LogP contribution in [-0.4, -0.2) is 15.6 Å². The van der Waals surface area contributed by atoms with Gasteiger partial charge in [0, 0.05) is 28.4 Å². The molecule has 0 bridgehead atoms. The maximum atomic E-state index is 12.4. The van der Waals surface area contributed by atoms with Crippen molar-refractivity contribution in [3.05, 3.63) is 56.8 Å². The minimum absolute atomic E-state index is 0.0327. The topological polar surface area (TPSA) is 34.9 Å². The van der Waals surface area contributed by atoms with Crippen molar-refractivity contribution in [1.29, 1.82) is 0 Å². The fourth-order valence-electron chi connectivity index (χ4n) is 2.43. The number of aromatic nitrogens is 2. The van der Waals surface area contributed by atoms with Gasteiger partial charge in [0.2, 0.25) is 0 Å². The van der Waals surface area contributed by atoms with E-state index in [0.29, 0.717) is 22.0 Å². The molecule has 0 spiro atoms. The Bertz CT molecular complexity index is 731. The Kier molecular flexibility index (Phi) is 3.40. The smallest absolute Gasteiger partial charge is 0.192 e. The first-order valence-electron chi connectivity index (χ1n) is 6.27. The third kappa shape index (κ3) is 2.28. The van der Waals surface area contributed by atoms with Gasteiger partial charge in [-0.05, 0) is 36.6 Å². The van der Waals surface area contributed by atoms with Gasteiger partial charge in [0.15, 0.2) is 5.78 Å². The van der Waals surface area contributed by atoms with Crippen LogP contribution in [0.5, 0.6) is 0 Å². The number of ketones is 1. The van der Waals surface area contributed by atoms with E-state index in [0.717, 1.165) is 23.3 Å². The molecule has 2 aromatic rings. The predicted molar refractivity (Wildman–Crippen MR) is 80.3 cm³/mol. The molecule has 1 aromatic heterocycles. The number of benzene rings is 1. The van der Waals surface area contributed by atoms with Crippen LogP contribution in [0.3, 0.4) is 0 Å². The standard InChI is InChI=1S/C15H12Cl2N2O/c1-19-14-5-3-10(15(20)12(14)8-18-19)6-9-2-4-11(16)7-13(9)17/h2,4,6-8H,3,5H2,1H3/b10-6-. The number of carbonyl (C=O) groups is 1. The third-order valence-corrected chi connectivity index (χ3v) is 4.08. The van der Waals surface area contributed by atoms with Crippen molar-refractivity contribution >= 4 is 35.1 Å². The lowest BCUT2D eigenvalue weighted by molar-refractivity contribution is 0.102. The first-order valence-corrected chi connectivity index (χ1v) is 7.03. The van der Waals surface area contributed by atoms with Gasteiger partial charge in [-0.15, -0.1) is 0 Å². The Balaban J connectivity index is 2.00. The van der Waals surface area contributed by atoms with Crippen molar-refractivity contribution < 1.29 is 4.79 Å². The molecule has 1 aliphatic carbocycles. The summed E-state index contributed by atoms with van der Waals surface area (Å²) in [4.78, 5) is 12.4. The second kappa shape index (κ2) is 5.08. The normalized spacial score (nSPS) is 16.6. The van der Waals surface area contributed by atoms with Gasteiger partial charge in [0.05, 0.1) is 11.8 Å². The van der Waals surface area contributed by atoms with Crippen molar-refractivity contribution in [2.75, 3.05) is 0 Å². The molecule has 0 saturated carbocycles. The Morgan fingerprint density at radius 3 is 2.85 bits per heavy atom. The van der Waals surface area contributed by atoms with E-state index in [-0.39, 0.29) is 5.78 Å². The van der Waals surface area contributed by atoms with E-state index in [9.17, 15) is 4.79 Å². The van der Waals surface area contributed by atoms with Crippen LogP contribution in [0.15, 0.2) is 30.0 Å². The summed E-state index contributed by atoms with van der Waals surface area (Å²) >= 11 is 12.0. The molecule has 5 heteroatoms. The number of hydrogen-bond acceptors (Lipinski definition) is 2. The fourth-order valence-corrected chi connectivity index (χ4v) is 2.90. The average molecular weight is 307 g/mol. The fraction of sp³-hybridized carbons (Fsp3) is 0.200. The number of halogens is 2. The zero-order chi connectivity index (χ0) is 14.3. The average Bonchev–Trinajstić information content (AvgIpc) is 2.78. The van der Waals surface area contributed by atoms with Crippen molar-refractivity contribution in [3.8, 4) is 0 Å². The Hall–Kier alpha value is -1.58. The van der Waals surface area contributed by atoms with E-state index in [2.05, 4.69) is 5.10 Å². The number of hydrogen-bond donors (Lipinski definition) is 0. The molecule has 3 nitrogen and oxygen atoms in total. The molecule has 20 heavy (non-hydrogen) atoms. The molecule has 0 fully saturated rings. The second-order valence-corrected chi connectivity index (χ2v) is 5.64. The van der Waals surface area contributed by atoms with E-state index in [1.165, 1.54) is 0 Å². The molecule has 0 amide bonds. The summed E-state index contributed by atoms with van der Waals surface area (Å²) in [5.74, 6) is 0.0327. The SMILES string of the molecule is Cn1ncc2c1CC/C(=C/c1ccc(Cl)cc1Cl)C2=O. The van der Waals surface area contributed by atoms with Crippen molar-refractivity contribution in [3.63, 3.8) is 0 Å². The number of aryl methyl sites for hydroxylation is 1. The molecule has 0 aliphatic heterocycles. The maximum absolute atomic E-state index is 12.4. The molecular formula is C15H12Cl2N2O. The molecule has 0 unspecified atom stereocenters. The van der Waals surface area contributed by atoms with Crippen LogP contribution in [-0.2, 0) is 13.5 Å². The minimum atomic E-state index is 0.0327. The summed E-state index contributed by atoms with van der Waals surface area (Å²) in [7, 11) is 1.86. The van der Waals surface area contributed by atoms with Gasteiger partial charge in [0.25, 0.3) is 0 Å². The number of rotatable bonds is 1. The van der Waals surface area contributed by atoms with Gasteiger partial charge in [-0.2, -0.15) is 5.10 Å². The van der Waals surface area contributed by atoms with Crippen molar-refractivity contribution in [2.45, 2.75) is 12.8 Å². The number of allylic oxidation sites excluding steroid dienone is 1. The molecule has 1 aromatic carbocycles. The van der Waals surface area contributed by atoms with Crippen LogP contribution in [0.1, 0.15) is 28.0 Å². The highest BCUT2D eigenvalue weighted by molar-refractivity contribution is 6.35. The lowest BCUT2D eigenvalue weighted by Gasteiger charge is -2.14. The minimum Gasteiger partial charge on any atom is -0.289 e. The second-order valence-electron chi connectivity index (χ2n) is 4.79. The van der Waals surface area contributed by atoms with Crippen LogP contribution in [0.4, 0.5) is 0 Å². The predicted octanol–water partition coefficient (Wildman–Crippen LogP) is 3.94. The molecule has 0 atom stereocenters. The van der Waals surface area contributed by atoms with E-state index in [1.807, 2.05) is 19.2 Å². The summed E-state index contributed by atoms with van der Waals surface area (Å²) < 4.78 is 1.76. The van der Waals surface area contributed by atoms with Crippen LogP contribution in [0.25, 0.3) is 6.08 Å². The highest BCUT2D eigenvalue weighted by Crippen LogP contribution is 2.29. The first-order chi connectivity index (χ1) is 9.56. The quantitative estimate of drug-likeness (QED) is 0.748. The summed E-state index contributed by atoms with van der Waals surface area (Å²) in [6.07, 6.45) is 4.99. The Labute approximate surface area is 126 Å². The largest absolute Gasteiger partial charge is 0.289 e. The van der Waals surface area contributed by atoms with Crippen LogP contribution in [0.2, 0.25) is 10.0 Å². The highest BCUT2D eigenvalue weighted by atomic mass is 35.5. The molecule has 0 saturated heterocycles. The van der Waals surface area contributed by atoms with Crippen molar-refractivity contribution in [1.82, 2.24) is 9.78 Å². The molecule has 3 rings (SSSR count). The lowest BCUT2D eigenvalue weighted by atomic mass is 9.90. The molecule has 1 aliphatic rings. The third-order valence-electron chi connectivity index (χ3n) is 3.52. The highest BCUT2D eigenvalue weighted by Gasteiger charge is 2.25. The molecule has 0 N–H and O–H groups in total. The molecule has 1 heterocycles. The van der Waals surface area contributed by atoms with E-state index < -0.39 is 0 Å². The van der Waals surface area contributed by atoms with E-state index in [1.54, 1.807) is 23.0 Å². The Morgan fingerprint density at radius 1 is 1.30 bits per heavy atom. The van der Waals surface area contributed by atoms with Gasteiger partial charge in [0.1, 0.15) is 0 Å². The number of Topliss-reactive ketones (excluding diaryl/α,β-unsaturated/α-hetero) is 1. The Morgan fingerprint density at radius 2 is 2.10 bits per heavy atom. The summed E-state index contributed by atoms with van der Waals surface area (Å²) in [6, 6.07) is 5.27. The van der Waals surface area contributed by atoms with Gasteiger partial charge in [-0.1, -0.05) is 29.3 Å². The summed E-state index contributed by atoms with van der Waals surface area (Å²) in [5.41, 5.74) is 3.26. The van der Waals surface area contributed by atoms with Crippen LogP contribution in [0, 0.1) is 0 Å². The molecular weight excluding hydrogens is 295 g/mol. The monoisotopic (exact) mass is 306 g/mol. The lowest BCUT2D eigenvalue weighted by Crippen LogP contribution is -2.15. The van der Waals surface area contributed by atoms with Crippen LogP contribution < -0.4 is 0 Å². The molecule has 0 radical (unpaired) electrons. The summed E-state index contributed by atoms with van der Waals surface area (Å²) in [6.45, 7) is 0. The number of nitrogens with zero attached hydrogens (tertiary/aromatic N) is 2. The van der Waals surface area contributed by atoms with Gasteiger partial charge in [-0.25, -0.2) is 0 Å². The van der Waals surface area contributed by atoms with E-state index >= 15 is 0 Å². The summed E-state index contributed by atoms with van der Waals surface area (Å²) in [5, 5.41) is 5.28. The van der Waals surface area contributed by atoms with Crippen LogP contribution >= 0.6 is 23.2 Å². The first kappa shape index (κ1) is 13.4. The van der Waals surface area contributed by atoms with Crippen molar-refractivity contribution in [2.24, 2.45) is 7.05 Å². The zero-order valence-corrected chi connectivity index (χ0v) is 12.4.